The predicted molar refractivity (Wildman–Crippen MR) is 66.4 cm³/mol. The lowest BCUT2D eigenvalue weighted by Gasteiger charge is -2.16. The minimum absolute atomic E-state index is 0.190. The summed E-state index contributed by atoms with van der Waals surface area (Å²) < 4.78 is 4.60. The summed E-state index contributed by atoms with van der Waals surface area (Å²) in [6.07, 6.45) is 0. The van der Waals surface area contributed by atoms with Crippen molar-refractivity contribution in [1.29, 1.82) is 0 Å². The van der Waals surface area contributed by atoms with E-state index in [1.807, 2.05) is 0 Å². The molecule has 0 aliphatic rings. The average Bonchev–Trinajstić information content (AvgIpc) is 2.58. The van der Waals surface area contributed by atoms with Crippen molar-refractivity contribution in [2.75, 3.05) is 12.4 Å². The molecule has 0 radical (unpaired) electrons. The monoisotopic (exact) mass is 262 g/mol. The Bertz CT molecular complexity index is 379. The molecule has 0 amide bonds. The Kier molecular flexibility index (Phi) is 4.56. The molecule has 1 unspecified atom stereocenters. The second kappa shape index (κ2) is 5.50. The molecule has 0 aliphatic heterocycles. The summed E-state index contributed by atoms with van der Waals surface area (Å²) in [5.74, 6) is 0.0250. The lowest BCUT2D eigenvalue weighted by molar-refractivity contribution is 0.0606. The van der Waals surface area contributed by atoms with Crippen molar-refractivity contribution < 1.29 is 9.53 Å². The fourth-order valence-electron chi connectivity index (χ4n) is 0.943. The Morgan fingerprint density at radius 2 is 2.12 bits per heavy atom. The number of carbonyl (C=O) groups is 1. The van der Waals surface area contributed by atoms with Crippen molar-refractivity contribution >= 4 is 34.0 Å². The van der Waals surface area contributed by atoms with Crippen LogP contribution in [0.5, 0.6) is 0 Å². The Morgan fingerprint density at radius 3 is 2.62 bits per heavy atom. The highest BCUT2D eigenvalue weighted by atomic mass is 35.5. The van der Waals surface area contributed by atoms with Gasteiger partial charge >= 0.3 is 5.97 Å². The van der Waals surface area contributed by atoms with E-state index in [2.05, 4.69) is 35.8 Å². The summed E-state index contributed by atoms with van der Waals surface area (Å²) in [5, 5.41) is 4.03. The van der Waals surface area contributed by atoms with Crippen molar-refractivity contribution in [3.05, 3.63) is 10.0 Å². The summed E-state index contributed by atoms with van der Waals surface area (Å²) in [5.41, 5.74) is 0. The zero-order valence-corrected chi connectivity index (χ0v) is 11.3. The summed E-state index contributed by atoms with van der Waals surface area (Å²) in [7, 11) is 1.32. The molecule has 1 atom stereocenters. The van der Waals surface area contributed by atoms with Gasteiger partial charge in [0, 0.05) is 6.04 Å². The quantitative estimate of drug-likeness (QED) is 0.848. The van der Waals surface area contributed by atoms with E-state index in [4.69, 9.17) is 11.6 Å². The van der Waals surface area contributed by atoms with E-state index in [0.29, 0.717) is 15.9 Å². The third-order valence-electron chi connectivity index (χ3n) is 2.31. The molecular weight excluding hydrogens is 248 g/mol. The minimum atomic E-state index is -0.451. The van der Waals surface area contributed by atoms with Crippen molar-refractivity contribution in [3.8, 4) is 0 Å². The maximum Gasteiger partial charge on any atom is 0.351 e. The minimum Gasteiger partial charge on any atom is -0.465 e. The average molecular weight is 263 g/mol. The van der Waals surface area contributed by atoms with Crippen LogP contribution in [0.3, 0.4) is 0 Å². The first-order valence-electron chi connectivity index (χ1n) is 4.96. The van der Waals surface area contributed by atoms with Crippen molar-refractivity contribution in [2.24, 2.45) is 5.92 Å². The van der Waals surface area contributed by atoms with Crippen molar-refractivity contribution in [2.45, 2.75) is 26.8 Å². The van der Waals surface area contributed by atoms with E-state index in [1.54, 1.807) is 0 Å². The van der Waals surface area contributed by atoms with Gasteiger partial charge in [-0.2, -0.15) is 0 Å². The van der Waals surface area contributed by atoms with Gasteiger partial charge in [0.15, 0.2) is 15.2 Å². The summed E-state index contributed by atoms with van der Waals surface area (Å²) >= 11 is 7.05. The molecule has 1 aromatic heterocycles. The number of hydrogen-bond acceptors (Lipinski definition) is 5. The second-order valence-corrected chi connectivity index (χ2v) is 5.16. The molecule has 90 valence electrons. The molecule has 1 heterocycles. The van der Waals surface area contributed by atoms with E-state index < -0.39 is 5.97 Å². The van der Waals surface area contributed by atoms with Crippen LogP contribution in [0, 0.1) is 5.92 Å². The first kappa shape index (κ1) is 13.3. The van der Waals surface area contributed by atoms with E-state index >= 15 is 0 Å². The Morgan fingerprint density at radius 1 is 1.50 bits per heavy atom. The molecule has 16 heavy (non-hydrogen) atoms. The third-order valence-corrected chi connectivity index (χ3v) is 3.66. The fourth-order valence-corrected chi connectivity index (χ4v) is 2.14. The zero-order chi connectivity index (χ0) is 12.3. The number of esters is 1. The van der Waals surface area contributed by atoms with Gasteiger partial charge in [0.1, 0.15) is 0 Å². The van der Waals surface area contributed by atoms with Gasteiger partial charge in [-0.25, -0.2) is 9.78 Å². The van der Waals surface area contributed by atoms with Crippen LogP contribution in [0.15, 0.2) is 0 Å². The van der Waals surface area contributed by atoms with Crippen LogP contribution in [-0.2, 0) is 4.74 Å². The number of halogens is 1. The van der Waals surface area contributed by atoms with E-state index in [-0.39, 0.29) is 11.2 Å². The largest absolute Gasteiger partial charge is 0.465 e. The zero-order valence-electron chi connectivity index (χ0n) is 9.70. The number of aromatic nitrogens is 1. The van der Waals surface area contributed by atoms with Gasteiger partial charge in [-0.1, -0.05) is 36.8 Å². The smallest absolute Gasteiger partial charge is 0.351 e. The van der Waals surface area contributed by atoms with E-state index in [0.717, 1.165) is 0 Å². The first-order chi connectivity index (χ1) is 7.45. The Labute approximate surface area is 104 Å². The topological polar surface area (TPSA) is 51.2 Å². The standard InChI is InChI=1S/C10H15ClN2O2S/c1-5(2)6(3)12-10-13-8(11)7(16-10)9(14)15-4/h5-6H,1-4H3,(H,12,13). The molecule has 0 aliphatic carbocycles. The summed E-state index contributed by atoms with van der Waals surface area (Å²) in [6.45, 7) is 6.26. The molecule has 0 spiro atoms. The van der Waals surface area contributed by atoms with Crippen LogP contribution in [0.1, 0.15) is 30.4 Å². The maximum atomic E-state index is 11.3. The Balaban J connectivity index is 2.81. The highest BCUT2D eigenvalue weighted by molar-refractivity contribution is 7.18. The highest BCUT2D eigenvalue weighted by Crippen LogP contribution is 2.28. The van der Waals surface area contributed by atoms with Crippen LogP contribution < -0.4 is 5.32 Å². The number of carbonyl (C=O) groups excluding carboxylic acids is 1. The van der Waals surface area contributed by atoms with Gasteiger partial charge in [0.05, 0.1) is 7.11 Å². The molecule has 0 aromatic carbocycles. The Hall–Kier alpha value is -0.810. The number of rotatable bonds is 4. The van der Waals surface area contributed by atoms with Crippen molar-refractivity contribution in [3.63, 3.8) is 0 Å². The number of hydrogen-bond donors (Lipinski definition) is 1. The summed E-state index contributed by atoms with van der Waals surface area (Å²) in [4.78, 5) is 15.7. The molecule has 4 nitrogen and oxygen atoms in total. The van der Waals surface area contributed by atoms with Crippen LogP contribution in [0.4, 0.5) is 5.13 Å². The van der Waals surface area contributed by atoms with Crippen LogP contribution >= 0.6 is 22.9 Å². The van der Waals surface area contributed by atoms with Gasteiger partial charge in [0.2, 0.25) is 0 Å². The van der Waals surface area contributed by atoms with Gasteiger partial charge in [-0.05, 0) is 12.8 Å². The van der Waals surface area contributed by atoms with Crippen LogP contribution in [-0.4, -0.2) is 24.1 Å². The molecule has 1 aromatic rings. The lowest BCUT2D eigenvalue weighted by Crippen LogP contribution is -2.21. The van der Waals surface area contributed by atoms with Crippen LogP contribution in [0.25, 0.3) is 0 Å². The normalized spacial score (nSPS) is 12.6. The molecule has 1 N–H and O–H groups in total. The number of nitrogens with one attached hydrogen (secondary N) is 1. The third kappa shape index (κ3) is 3.09. The molecule has 0 bridgehead atoms. The van der Waals surface area contributed by atoms with Gasteiger partial charge in [0.25, 0.3) is 0 Å². The maximum absolute atomic E-state index is 11.3. The van der Waals surface area contributed by atoms with Gasteiger partial charge in [-0.15, -0.1) is 0 Å². The van der Waals surface area contributed by atoms with Gasteiger partial charge < -0.3 is 10.1 Å². The van der Waals surface area contributed by atoms with Crippen molar-refractivity contribution in [1.82, 2.24) is 4.98 Å². The number of methoxy groups -OCH3 is 1. The summed E-state index contributed by atoms with van der Waals surface area (Å²) in [6, 6.07) is 0.271. The molecule has 6 heteroatoms. The lowest BCUT2D eigenvalue weighted by atomic mass is 10.1. The van der Waals surface area contributed by atoms with Crippen LogP contribution in [0.2, 0.25) is 5.15 Å². The predicted octanol–water partition coefficient (Wildman–Crippen LogP) is 3.04. The highest BCUT2D eigenvalue weighted by Gasteiger charge is 2.18. The van der Waals surface area contributed by atoms with Gasteiger partial charge in [-0.3, -0.25) is 0 Å². The molecule has 0 saturated carbocycles. The number of ether oxygens (including phenoxy) is 1. The molecular formula is C10H15ClN2O2S. The van der Waals surface area contributed by atoms with E-state index in [9.17, 15) is 4.79 Å². The molecule has 0 saturated heterocycles. The first-order valence-corrected chi connectivity index (χ1v) is 6.16. The number of thiazole rings is 1. The molecule has 1 rings (SSSR count). The number of anilines is 1. The fraction of sp³-hybridized carbons (Fsp3) is 0.600. The number of nitrogens with zero attached hydrogens (tertiary/aromatic N) is 1. The SMILES string of the molecule is COC(=O)c1sc(NC(C)C(C)C)nc1Cl. The van der Waals surface area contributed by atoms with E-state index in [1.165, 1.54) is 18.4 Å². The molecule has 0 fully saturated rings. The second-order valence-electron chi connectivity index (χ2n) is 3.81.